The fraction of sp³-hybridized carbons (Fsp3) is 0.545. The van der Waals surface area contributed by atoms with Crippen LogP contribution in [0.2, 0.25) is 0 Å². The second kappa shape index (κ2) is 5.81. The number of hydrogen-bond donors (Lipinski definition) is 3. The normalized spacial score (nSPS) is 11.1. The van der Waals surface area contributed by atoms with E-state index in [0.29, 0.717) is 36.1 Å². The largest absolute Gasteiger partial charge is 0.396 e. The highest BCUT2D eigenvalue weighted by Crippen LogP contribution is 2.05. The number of nitrogens with zero attached hydrogens (tertiary/aromatic N) is 3. The van der Waals surface area contributed by atoms with Gasteiger partial charge in [-0.05, 0) is 6.92 Å². The molecule has 2 heterocycles. The number of aliphatic hydroxyl groups excluding tert-OH is 1. The standard InChI is InChI=1S/C11H17N5O3/c1-7-8(3-5-17)9(18)16-11(13-7)14-10(15-16)12-4-6-19-2/h17H,3-6H2,1-2H3,(H2,12,13,14,15). The lowest BCUT2D eigenvalue weighted by molar-refractivity contribution is 0.210. The predicted molar refractivity (Wildman–Crippen MR) is 69.5 cm³/mol. The van der Waals surface area contributed by atoms with Crippen molar-refractivity contribution in [3.8, 4) is 0 Å². The fourth-order valence-electron chi connectivity index (χ4n) is 1.80. The maximum Gasteiger partial charge on any atom is 0.277 e. The Balaban J connectivity index is 2.37. The fourth-order valence-corrected chi connectivity index (χ4v) is 1.80. The SMILES string of the molecule is COCCNc1nc2nc(C)c(CCO)c(=O)n2[nH]1. The maximum atomic E-state index is 12.2. The smallest absolute Gasteiger partial charge is 0.277 e. The molecule has 0 saturated carbocycles. The van der Waals surface area contributed by atoms with Crippen LogP contribution in [0.5, 0.6) is 0 Å². The molecule has 0 unspecified atom stereocenters. The number of fused-ring (bicyclic) bond motifs is 1. The van der Waals surface area contributed by atoms with Gasteiger partial charge in [-0.3, -0.25) is 9.89 Å². The van der Waals surface area contributed by atoms with Gasteiger partial charge in [0.15, 0.2) is 0 Å². The van der Waals surface area contributed by atoms with Crippen LogP contribution in [0, 0.1) is 6.92 Å². The number of H-pyrrole nitrogens is 1. The molecule has 3 N–H and O–H groups in total. The van der Waals surface area contributed by atoms with Crippen molar-refractivity contribution in [2.24, 2.45) is 0 Å². The van der Waals surface area contributed by atoms with Gasteiger partial charge in [-0.2, -0.15) is 9.50 Å². The average molecular weight is 267 g/mol. The van der Waals surface area contributed by atoms with Crippen LogP contribution in [-0.2, 0) is 11.2 Å². The van der Waals surface area contributed by atoms with E-state index in [4.69, 9.17) is 9.84 Å². The van der Waals surface area contributed by atoms with Crippen LogP contribution in [-0.4, -0.2) is 51.6 Å². The van der Waals surface area contributed by atoms with E-state index in [-0.39, 0.29) is 18.6 Å². The molecule has 0 spiro atoms. The van der Waals surface area contributed by atoms with E-state index in [1.165, 1.54) is 4.52 Å². The molecular formula is C11H17N5O3. The molecule has 0 atom stereocenters. The quantitative estimate of drug-likeness (QED) is 0.599. The number of aromatic nitrogens is 4. The van der Waals surface area contributed by atoms with Crippen molar-refractivity contribution in [2.75, 3.05) is 32.2 Å². The lowest BCUT2D eigenvalue weighted by Gasteiger charge is -2.01. The van der Waals surface area contributed by atoms with Gasteiger partial charge in [0.2, 0.25) is 5.95 Å². The zero-order valence-corrected chi connectivity index (χ0v) is 10.9. The van der Waals surface area contributed by atoms with Crippen LogP contribution >= 0.6 is 0 Å². The molecule has 0 aromatic carbocycles. The van der Waals surface area contributed by atoms with E-state index < -0.39 is 0 Å². The van der Waals surface area contributed by atoms with Crippen molar-refractivity contribution < 1.29 is 9.84 Å². The number of aliphatic hydroxyl groups is 1. The van der Waals surface area contributed by atoms with Crippen LogP contribution in [0.15, 0.2) is 4.79 Å². The van der Waals surface area contributed by atoms with Crippen molar-refractivity contribution in [3.63, 3.8) is 0 Å². The third-order valence-corrected chi connectivity index (χ3v) is 2.76. The summed E-state index contributed by atoms with van der Waals surface area (Å²) in [6.45, 7) is 2.76. The zero-order valence-electron chi connectivity index (χ0n) is 10.9. The van der Waals surface area contributed by atoms with E-state index in [1.807, 2.05) is 0 Å². The second-order valence-electron chi connectivity index (χ2n) is 4.08. The first-order valence-corrected chi connectivity index (χ1v) is 5.99. The number of aryl methyl sites for hydroxylation is 1. The zero-order chi connectivity index (χ0) is 13.8. The Kier molecular flexibility index (Phi) is 4.13. The summed E-state index contributed by atoms with van der Waals surface area (Å²) < 4.78 is 6.19. The first kappa shape index (κ1) is 13.5. The molecule has 2 aromatic rings. The molecule has 0 fully saturated rings. The van der Waals surface area contributed by atoms with Gasteiger partial charge in [-0.15, -0.1) is 0 Å². The van der Waals surface area contributed by atoms with Crippen molar-refractivity contribution in [1.29, 1.82) is 0 Å². The number of ether oxygens (including phenoxy) is 1. The Labute approximate surface area is 109 Å². The highest BCUT2D eigenvalue weighted by Gasteiger charge is 2.12. The Bertz CT molecular complexity index is 619. The van der Waals surface area contributed by atoms with Gasteiger partial charge in [0, 0.05) is 32.2 Å². The molecule has 8 nitrogen and oxygen atoms in total. The summed E-state index contributed by atoms with van der Waals surface area (Å²) in [5.41, 5.74) is 0.852. The number of rotatable bonds is 6. The van der Waals surface area contributed by atoms with Crippen LogP contribution < -0.4 is 10.9 Å². The average Bonchev–Trinajstić information content (AvgIpc) is 2.78. The third-order valence-electron chi connectivity index (χ3n) is 2.76. The molecule has 2 rings (SSSR count). The molecule has 19 heavy (non-hydrogen) atoms. The minimum absolute atomic E-state index is 0.0864. The number of nitrogens with one attached hydrogen (secondary N) is 2. The minimum Gasteiger partial charge on any atom is -0.396 e. The first-order valence-electron chi connectivity index (χ1n) is 5.99. The molecular weight excluding hydrogens is 250 g/mol. The first-order chi connectivity index (χ1) is 9.17. The van der Waals surface area contributed by atoms with Crippen LogP contribution in [0.1, 0.15) is 11.3 Å². The third kappa shape index (κ3) is 2.74. The number of methoxy groups -OCH3 is 1. The van der Waals surface area contributed by atoms with Gasteiger partial charge in [0.25, 0.3) is 11.3 Å². The molecule has 2 aromatic heterocycles. The summed E-state index contributed by atoms with van der Waals surface area (Å²) >= 11 is 0. The van der Waals surface area contributed by atoms with E-state index in [2.05, 4.69) is 20.4 Å². The van der Waals surface area contributed by atoms with Gasteiger partial charge in [-0.1, -0.05) is 0 Å². The van der Waals surface area contributed by atoms with Gasteiger partial charge in [-0.25, -0.2) is 4.98 Å². The van der Waals surface area contributed by atoms with Gasteiger partial charge < -0.3 is 15.2 Å². The van der Waals surface area contributed by atoms with Crippen molar-refractivity contribution >= 4 is 11.7 Å². The summed E-state index contributed by atoms with van der Waals surface area (Å²) in [4.78, 5) is 20.6. The topological polar surface area (TPSA) is 105 Å². The highest BCUT2D eigenvalue weighted by molar-refractivity contribution is 5.38. The summed E-state index contributed by atoms with van der Waals surface area (Å²) in [6.07, 6.45) is 0.284. The van der Waals surface area contributed by atoms with Gasteiger partial charge in [0.1, 0.15) is 0 Å². The van der Waals surface area contributed by atoms with E-state index >= 15 is 0 Å². The van der Waals surface area contributed by atoms with Crippen LogP contribution in [0.3, 0.4) is 0 Å². The maximum absolute atomic E-state index is 12.2. The van der Waals surface area contributed by atoms with Crippen LogP contribution in [0.4, 0.5) is 5.95 Å². The van der Waals surface area contributed by atoms with Gasteiger partial charge >= 0.3 is 0 Å². The van der Waals surface area contributed by atoms with Gasteiger partial charge in [0.05, 0.1) is 12.3 Å². The van der Waals surface area contributed by atoms with Crippen molar-refractivity contribution in [2.45, 2.75) is 13.3 Å². The summed E-state index contributed by atoms with van der Waals surface area (Å²) in [6, 6.07) is 0. The van der Waals surface area contributed by atoms with Crippen LogP contribution in [0.25, 0.3) is 5.78 Å². The molecule has 0 saturated heterocycles. The Morgan fingerprint density at radius 2 is 2.26 bits per heavy atom. The number of anilines is 1. The van der Waals surface area contributed by atoms with E-state index in [0.717, 1.165) is 0 Å². The van der Waals surface area contributed by atoms with E-state index in [1.54, 1.807) is 14.0 Å². The molecule has 104 valence electrons. The number of hydrogen-bond acceptors (Lipinski definition) is 6. The Hall–Kier alpha value is -1.93. The van der Waals surface area contributed by atoms with E-state index in [9.17, 15) is 4.79 Å². The molecule has 0 aliphatic heterocycles. The lowest BCUT2D eigenvalue weighted by Crippen LogP contribution is -2.22. The Morgan fingerprint density at radius 1 is 1.47 bits per heavy atom. The van der Waals surface area contributed by atoms with Crippen molar-refractivity contribution in [1.82, 2.24) is 19.6 Å². The molecule has 0 bridgehead atoms. The summed E-state index contributed by atoms with van der Waals surface area (Å²) in [5.74, 6) is 0.770. The molecule has 0 aliphatic rings. The lowest BCUT2D eigenvalue weighted by atomic mass is 10.2. The monoisotopic (exact) mass is 267 g/mol. The predicted octanol–water partition coefficient (Wildman–Crippen LogP) is -0.681. The minimum atomic E-state index is -0.233. The van der Waals surface area contributed by atoms with Crippen molar-refractivity contribution in [3.05, 3.63) is 21.6 Å². The molecule has 0 radical (unpaired) electrons. The summed E-state index contributed by atoms with van der Waals surface area (Å²) in [7, 11) is 1.61. The second-order valence-corrected chi connectivity index (χ2v) is 4.08. The molecule has 0 amide bonds. The Morgan fingerprint density at radius 3 is 2.95 bits per heavy atom. The molecule has 0 aliphatic carbocycles. The summed E-state index contributed by atoms with van der Waals surface area (Å²) in [5, 5.41) is 14.8. The number of aromatic amines is 1. The molecule has 8 heteroatoms. The highest BCUT2D eigenvalue weighted by atomic mass is 16.5.